The van der Waals surface area contributed by atoms with E-state index < -0.39 is 17.7 Å². The number of carbonyl (C=O) groups excluding carboxylic acids is 1. The van der Waals surface area contributed by atoms with Crippen molar-refractivity contribution < 1.29 is 27.4 Å². The van der Waals surface area contributed by atoms with Gasteiger partial charge in [-0.15, -0.1) is 0 Å². The predicted octanol–water partition coefficient (Wildman–Crippen LogP) is 5.23. The van der Waals surface area contributed by atoms with Crippen LogP contribution in [0.1, 0.15) is 27.0 Å². The predicted molar refractivity (Wildman–Crippen MR) is 106 cm³/mol. The summed E-state index contributed by atoms with van der Waals surface area (Å²) in [4.78, 5) is 16.0. The zero-order valence-electron chi connectivity index (χ0n) is 16.3. The number of rotatable bonds is 6. The van der Waals surface area contributed by atoms with Crippen LogP contribution in [-0.4, -0.2) is 25.2 Å². The molecule has 30 heavy (non-hydrogen) atoms. The van der Waals surface area contributed by atoms with Crippen molar-refractivity contribution in [3.05, 3.63) is 83.0 Å². The Labute approximate surface area is 171 Å². The van der Waals surface area contributed by atoms with Gasteiger partial charge in [-0.1, -0.05) is 18.2 Å². The first kappa shape index (κ1) is 21.2. The summed E-state index contributed by atoms with van der Waals surface area (Å²) < 4.78 is 48.8. The molecule has 2 aromatic carbocycles. The lowest BCUT2D eigenvalue weighted by atomic mass is 10.0. The number of esters is 1. The zero-order valence-corrected chi connectivity index (χ0v) is 16.3. The van der Waals surface area contributed by atoms with Gasteiger partial charge in [0.2, 0.25) is 0 Å². The minimum Gasteiger partial charge on any atom is -0.495 e. The quantitative estimate of drug-likeness (QED) is 0.558. The van der Waals surface area contributed by atoms with E-state index in [2.05, 4.69) is 10.3 Å². The number of hydrogen-bond donors (Lipinski definition) is 1. The smallest absolute Gasteiger partial charge is 0.416 e. The van der Waals surface area contributed by atoms with Crippen molar-refractivity contribution in [3.8, 4) is 5.75 Å². The number of anilines is 2. The second kappa shape index (κ2) is 8.86. The maximum Gasteiger partial charge on any atom is 0.416 e. The van der Waals surface area contributed by atoms with Crippen LogP contribution in [0.5, 0.6) is 5.75 Å². The van der Waals surface area contributed by atoms with Crippen molar-refractivity contribution in [2.24, 2.45) is 0 Å². The highest BCUT2D eigenvalue weighted by atomic mass is 19.4. The first-order chi connectivity index (χ1) is 14.3. The van der Waals surface area contributed by atoms with Gasteiger partial charge in [0.15, 0.2) is 0 Å². The third kappa shape index (κ3) is 5.08. The average Bonchev–Trinajstić information content (AvgIpc) is 2.73. The van der Waals surface area contributed by atoms with Crippen LogP contribution in [0.3, 0.4) is 0 Å². The van der Waals surface area contributed by atoms with Crippen molar-refractivity contribution in [3.63, 3.8) is 0 Å². The van der Waals surface area contributed by atoms with E-state index in [0.717, 1.165) is 17.7 Å². The van der Waals surface area contributed by atoms with E-state index in [1.807, 2.05) is 0 Å². The molecule has 8 heteroatoms. The van der Waals surface area contributed by atoms with Crippen LogP contribution in [0.25, 0.3) is 0 Å². The number of aromatic nitrogens is 1. The van der Waals surface area contributed by atoms with Crippen LogP contribution in [0.4, 0.5) is 24.7 Å². The van der Waals surface area contributed by atoms with E-state index in [1.165, 1.54) is 20.3 Å². The van der Waals surface area contributed by atoms with Crippen LogP contribution in [0.15, 0.2) is 60.8 Å². The summed E-state index contributed by atoms with van der Waals surface area (Å²) in [7, 11) is 2.79. The van der Waals surface area contributed by atoms with E-state index >= 15 is 0 Å². The molecule has 0 atom stereocenters. The maximum absolute atomic E-state index is 12.9. The molecule has 0 aliphatic carbocycles. The van der Waals surface area contributed by atoms with Gasteiger partial charge in [-0.2, -0.15) is 13.2 Å². The van der Waals surface area contributed by atoms with Crippen molar-refractivity contribution in [1.82, 2.24) is 4.98 Å². The van der Waals surface area contributed by atoms with Crippen LogP contribution in [0.2, 0.25) is 0 Å². The second-order valence-corrected chi connectivity index (χ2v) is 6.46. The normalized spacial score (nSPS) is 11.1. The minimum atomic E-state index is -4.39. The number of nitrogens with zero attached hydrogens (tertiary/aromatic N) is 1. The Balaban J connectivity index is 1.84. The number of hydrogen-bond acceptors (Lipinski definition) is 5. The highest BCUT2D eigenvalue weighted by Crippen LogP contribution is 2.31. The third-order valence-corrected chi connectivity index (χ3v) is 4.37. The van der Waals surface area contributed by atoms with Crippen LogP contribution < -0.4 is 10.1 Å². The highest BCUT2D eigenvalue weighted by Gasteiger charge is 2.30. The van der Waals surface area contributed by atoms with Gasteiger partial charge in [0.05, 0.1) is 31.0 Å². The molecule has 5 nitrogen and oxygen atoms in total. The standard InChI is InChI=1S/C22H19F3N2O3/c1-29-19-7-6-16(21(28)30-2)13-18(19)27-20-12-15(8-9-26-20)10-14-4-3-5-17(11-14)22(23,24)25/h3-9,11-13H,10H2,1-2H3,(H,26,27). The van der Waals surface area contributed by atoms with Gasteiger partial charge in [0, 0.05) is 6.20 Å². The van der Waals surface area contributed by atoms with Crippen molar-refractivity contribution >= 4 is 17.5 Å². The average molecular weight is 416 g/mol. The van der Waals surface area contributed by atoms with E-state index in [1.54, 1.807) is 42.6 Å². The van der Waals surface area contributed by atoms with Crippen LogP contribution in [-0.2, 0) is 17.3 Å². The summed E-state index contributed by atoms with van der Waals surface area (Å²) in [5.41, 5.74) is 1.46. The molecule has 156 valence electrons. The third-order valence-electron chi connectivity index (χ3n) is 4.37. The molecular formula is C22H19F3N2O3. The van der Waals surface area contributed by atoms with E-state index in [0.29, 0.717) is 34.8 Å². The molecule has 1 heterocycles. The summed E-state index contributed by atoms with van der Waals surface area (Å²) in [6.45, 7) is 0. The van der Waals surface area contributed by atoms with E-state index in [-0.39, 0.29) is 0 Å². The topological polar surface area (TPSA) is 60.5 Å². The summed E-state index contributed by atoms with van der Waals surface area (Å²) in [5.74, 6) is 0.458. The summed E-state index contributed by atoms with van der Waals surface area (Å²) in [6, 6.07) is 13.5. The fourth-order valence-electron chi connectivity index (χ4n) is 2.93. The Kier molecular flexibility index (Phi) is 6.25. The highest BCUT2D eigenvalue weighted by molar-refractivity contribution is 5.91. The minimum absolute atomic E-state index is 0.306. The summed E-state index contributed by atoms with van der Waals surface area (Å²) >= 11 is 0. The number of benzene rings is 2. The molecular weight excluding hydrogens is 397 g/mol. The van der Waals surface area contributed by atoms with Gasteiger partial charge in [-0.3, -0.25) is 0 Å². The maximum atomic E-state index is 12.9. The Morgan fingerprint density at radius 3 is 2.50 bits per heavy atom. The Morgan fingerprint density at radius 1 is 1.03 bits per heavy atom. The van der Waals surface area contributed by atoms with Gasteiger partial charge >= 0.3 is 12.1 Å². The molecule has 0 aliphatic rings. The monoisotopic (exact) mass is 416 g/mol. The van der Waals surface area contributed by atoms with E-state index in [9.17, 15) is 18.0 Å². The van der Waals surface area contributed by atoms with E-state index in [4.69, 9.17) is 9.47 Å². The van der Waals surface area contributed by atoms with Gasteiger partial charge < -0.3 is 14.8 Å². The fraction of sp³-hybridized carbons (Fsp3) is 0.182. The molecule has 0 saturated carbocycles. The number of nitrogens with one attached hydrogen (secondary N) is 1. The molecule has 1 N–H and O–H groups in total. The molecule has 0 amide bonds. The first-order valence-electron chi connectivity index (χ1n) is 8.94. The van der Waals surface area contributed by atoms with Gasteiger partial charge in [0.25, 0.3) is 0 Å². The van der Waals surface area contributed by atoms with Crippen molar-refractivity contribution in [2.45, 2.75) is 12.6 Å². The molecule has 0 spiro atoms. The molecule has 3 aromatic rings. The molecule has 0 saturated heterocycles. The van der Waals surface area contributed by atoms with Gasteiger partial charge in [0.1, 0.15) is 11.6 Å². The van der Waals surface area contributed by atoms with Gasteiger partial charge in [-0.05, 0) is 53.9 Å². The Morgan fingerprint density at radius 2 is 1.80 bits per heavy atom. The fourth-order valence-corrected chi connectivity index (χ4v) is 2.93. The zero-order chi connectivity index (χ0) is 21.7. The molecule has 0 aliphatic heterocycles. The lowest BCUT2D eigenvalue weighted by Crippen LogP contribution is -2.05. The molecule has 0 radical (unpaired) electrons. The Hall–Kier alpha value is -3.55. The number of alkyl halides is 3. The second-order valence-electron chi connectivity index (χ2n) is 6.46. The number of halogens is 3. The van der Waals surface area contributed by atoms with Crippen molar-refractivity contribution in [2.75, 3.05) is 19.5 Å². The van der Waals surface area contributed by atoms with Crippen molar-refractivity contribution in [1.29, 1.82) is 0 Å². The van der Waals surface area contributed by atoms with Crippen LogP contribution >= 0.6 is 0 Å². The largest absolute Gasteiger partial charge is 0.495 e. The number of methoxy groups -OCH3 is 2. The number of carbonyl (C=O) groups is 1. The summed E-state index contributed by atoms with van der Waals surface area (Å²) in [5, 5.41) is 3.08. The molecule has 3 rings (SSSR count). The van der Waals surface area contributed by atoms with Gasteiger partial charge in [-0.25, -0.2) is 9.78 Å². The lowest BCUT2D eigenvalue weighted by Gasteiger charge is -2.13. The molecule has 1 aromatic heterocycles. The number of pyridine rings is 1. The van der Waals surface area contributed by atoms with Crippen LogP contribution in [0, 0.1) is 0 Å². The molecule has 0 bridgehead atoms. The molecule has 0 fully saturated rings. The summed E-state index contributed by atoms with van der Waals surface area (Å²) in [6.07, 6.45) is -2.52. The first-order valence-corrected chi connectivity index (χ1v) is 8.94. The molecule has 0 unspecified atom stereocenters. The SMILES string of the molecule is COC(=O)c1ccc(OC)c(Nc2cc(Cc3cccc(C(F)(F)F)c3)ccn2)c1. The number of ether oxygens (including phenoxy) is 2. The lowest BCUT2D eigenvalue weighted by molar-refractivity contribution is -0.137. The Bertz CT molecular complexity index is 1050.